The van der Waals surface area contributed by atoms with Gasteiger partial charge in [0.1, 0.15) is 5.84 Å². The maximum Gasteiger partial charge on any atom is 0.104 e. The number of rotatable bonds is 2. The van der Waals surface area contributed by atoms with Crippen LogP contribution in [0.1, 0.15) is 5.56 Å². The van der Waals surface area contributed by atoms with Gasteiger partial charge in [0.2, 0.25) is 0 Å². The van der Waals surface area contributed by atoms with Crippen LogP contribution in [0.4, 0.5) is 5.69 Å². The first-order valence-corrected chi connectivity index (χ1v) is 8.40. The van der Waals surface area contributed by atoms with Crippen molar-refractivity contribution in [1.82, 2.24) is 15.0 Å². The third-order valence-corrected chi connectivity index (χ3v) is 4.55. The van der Waals surface area contributed by atoms with Crippen LogP contribution in [0, 0.1) is 0 Å². The SMILES string of the molecule is NC1=Nc2cc(-c3ccc4ncc(-c5cccnc5)nc4c3)ccc2C1. The summed E-state index contributed by atoms with van der Waals surface area (Å²) in [5, 5.41) is 0. The Labute approximate surface area is 150 Å². The summed E-state index contributed by atoms with van der Waals surface area (Å²) in [5.41, 5.74) is 13.6. The molecule has 3 heterocycles. The van der Waals surface area contributed by atoms with Crippen molar-refractivity contribution in [1.29, 1.82) is 0 Å². The van der Waals surface area contributed by atoms with E-state index in [1.807, 2.05) is 18.2 Å². The molecule has 0 unspecified atom stereocenters. The van der Waals surface area contributed by atoms with Crippen LogP contribution in [0.2, 0.25) is 0 Å². The average Bonchev–Trinajstić information content (AvgIpc) is 3.07. The van der Waals surface area contributed by atoms with Gasteiger partial charge in [-0.05, 0) is 47.0 Å². The molecule has 0 atom stereocenters. The zero-order valence-electron chi connectivity index (χ0n) is 13.9. The fourth-order valence-corrected chi connectivity index (χ4v) is 3.23. The second kappa shape index (κ2) is 5.74. The fourth-order valence-electron chi connectivity index (χ4n) is 3.23. The van der Waals surface area contributed by atoms with Gasteiger partial charge in [-0.15, -0.1) is 0 Å². The van der Waals surface area contributed by atoms with Gasteiger partial charge in [-0.25, -0.2) is 9.98 Å². The zero-order valence-corrected chi connectivity index (χ0v) is 13.9. The van der Waals surface area contributed by atoms with E-state index in [0.29, 0.717) is 5.84 Å². The van der Waals surface area contributed by atoms with Gasteiger partial charge in [0, 0.05) is 24.4 Å². The molecule has 1 aliphatic heterocycles. The molecule has 5 nitrogen and oxygen atoms in total. The predicted molar refractivity (Wildman–Crippen MR) is 103 cm³/mol. The lowest BCUT2D eigenvalue weighted by Crippen LogP contribution is -2.09. The second-order valence-electron chi connectivity index (χ2n) is 6.32. The normalized spacial score (nSPS) is 12.8. The van der Waals surface area contributed by atoms with Gasteiger partial charge in [0.15, 0.2) is 0 Å². The minimum absolute atomic E-state index is 0.669. The summed E-state index contributed by atoms with van der Waals surface area (Å²) in [5.74, 6) is 0.669. The number of aromatic nitrogens is 3. The zero-order chi connectivity index (χ0) is 17.5. The molecule has 2 N–H and O–H groups in total. The first-order valence-electron chi connectivity index (χ1n) is 8.40. The van der Waals surface area contributed by atoms with Crippen LogP contribution >= 0.6 is 0 Å². The van der Waals surface area contributed by atoms with Crippen LogP contribution in [-0.4, -0.2) is 20.8 Å². The Morgan fingerprint density at radius 1 is 0.846 bits per heavy atom. The molecule has 1 aliphatic rings. The molecular weight excluding hydrogens is 322 g/mol. The summed E-state index contributed by atoms with van der Waals surface area (Å²) in [7, 11) is 0. The molecule has 0 saturated carbocycles. The highest BCUT2D eigenvalue weighted by Crippen LogP contribution is 2.32. The summed E-state index contributed by atoms with van der Waals surface area (Å²) in [6, 6.07) is 16.3. The van der Waals surface area contributed by atoms with Gasteiger partial charge >= 0.3 is 0 Å². The first-order chi connectivity index (χ1) is 12.8. The Kier molecular flexibility index (Phi) is 3.25. The summed E-state index contributed by atoms with van der Waals surface area (Å²) in [6.07, 6.45) is 6.06. The number of benzene rings is 2. The van der Waals surface area contributed by atoms with E-state index in [0.717, 1.165) is 45.5 Å². The lowest BCUT2D eigenvalue weighted by molar-refractivity contribution is 1.26. The molecule has 0 spiro atoms. The van der Waals surface area contributed by atoms with E-state index in [9.17, 15) is 0 Å². The van der Waals surface area contributed by atoms with Crippen molar-refractivity contribution in [2.75, 3.05) is 0 Å². The number of pyridine rings is 1. The predicted octanol–water partition coefficient (Wildman–Crippen LogP) is 3.90. The van der Waals surface area contributed by atoms with Crippen molar-refractivity contribution >= 4 is 22.6 Å². The number of nitrogens with two attached hydrogens (primary N) is 1. The smallest absolute Gasteiger partial charge is 0.104 e. The molecule has 5 rings (SSSR count). The molecule has 4 aromatic rings. The molecule has 5 heteroatoms. The van der Waals surface area contributed by atoms with E-state index in [4.69, 9.17) is 10.7 Å². The molecule has 124 valence electrons. The standard InChI is InChI=1S/C21H15N5/c22-21-10-15-4-3-13(8-18(15)26-21)14-5-6-17-19(9-14)25-20(12-24-17)16-2-1-7-23-11-16/h1-9,11-12H,10H2,(H2,22,26). The average molecular weight is 337 g/mol. The summed E-state index contributed by atoms with van der Waals surface area (Å²) < 4.78 is 0. The lowest BCUT2D eigenvalue weighted by Gasteiger charge is -2.07. The van der Waals surface area contributed by atoms with Crippen LogP contribution in [0.5, 0.6) is 0 Å². The van der Waals surface area contributed by atoms with Gasteiger partial charge in [0.25, 0.3) is 0 Å². The maximum atomic E-state index is 5.85. The summed E-state index contributed by atoms with van der Waals surface area (Å²) >= 11 is 0. The van der Waals surface area contributed by atoms with Crippen LogP contribution in [0.15, 0.2) is 72.1 Å². The molecule has 0 amide bonds. The van der Waals surface area contributed by atoms with Crippen LogP contribution < -0.4 is 5.73 Å². The molecule has 2 aromatic heterocycles. The Morgan fingerprint density at radius 3 is 2.62 bits per heavy atom. The number of hydrogen-bond donors (Lipinski definition) is 1. The number of amidine groups is 1. The van der Waals surface area contributed by atoms with E-state index >= 15 is 0 Å². The summed E-state index contributed by atoms with van der Waals surface area (Å²) in [4.78, 5) is 17.9. The Balaban J connectivity index is 1.60. The van der Waals surface area contributed by atoms with E-state index in [-0.39, 0.29) is 0 Å². The fraction of sp³-hybridized carbons (Fsp3) is 0.0476. The monoisotopic (exact) mass is 337 g/mol. The van der Waals surface area contributed by atoms with Gasteiger partial charge in [-0.3, -0.25) is 9.97 Å². The molecule has 0 radical (unpaired) electrons. The molecule has 2 aromatic carbocycles. The van der Waals surface area contributed by atoms with E-state index in [2.05, 4.69) is 45.3 Å². The van der Waals surface area contributed by atoms with Gasteiger partial charge < -0.3 is 5.73 Å². The highest BCUT2D eigenvalue weighted by atomic mass is 14.9. The second-order valence-corrected chi connectivity index (χ2v) is 6.32. The summed E-state index contributed by atoms with van der Waals surface area (Å²) in [6.45, 7) is 0. The van der Waals surface area contributed by atoms with E-state index in [1.165, 1.54) is 5.56 Å². The van der Waals surface area contributed by atoms with Crippen molar-refractivity contribution in [2.24, 2.45) is 10.7 Å². The Morgan fingerprint density at radius 2 is 1.73 bits per heavy atom. The third-order valence-electron chi connectivity index (χ3n) is 4.55. The van der Waals surface area contributed by atoms with Gasteiger partial charge in [-0.2, -0.15) is 0 Å². The first kappa shape index (κ1) is 14.7. The highest BCUT2D eigenvalue weighted by molar-refractivity contribution is 5.92. The lowest BCUT2D eigenvalue weighted by atomic mass is 10.0. The number of hydrogen-bond acceptors (Lipinski definition) is 5. The molecule has 0 bridgehead atoms. The Bertz CT molecular complexity index is 1170. The van der Waals surface area contributed by atoms with Gasteiger partial charge in [0.05, 0.1) is 28.6 Å². The largest absolute Gasteiger partial charge is 0.387 e. The molecule has 0 fully saturated rings. The molecule has 26 heavy (non-hydrogen) atoms. The Hall–Kier alpha value is -3.60. The number of nitrogens with zero attached hydrogens (tertiary/aromatic N) is 4. The van der Waals surface area contributed by atoms with Crippen LogP contribution in [-0.2, 0) is 6.42 Å². The van der Waals surface area contributed by atoms with Crippen molar-refractivity contribution in [3.05, 3.63) is 72.7 Å². The topological polar surface area (TPSA) is 77.0 Å². The van der Waals surface area contributed by atoms with Crippen LogP contribution in [0.25, 0.3) is 33.4 Å². The van der Waals surface area contributed by atoms with Crippen molar-refractivity contribution in [3.63, 3.8) is 0 Å². The van der Waals surface area contributed by atoms with E-state index < -0.39 is 0 Å². The van der Waals surface area contributed by atoms with Crippen molar-refractivity contribution < 1.29 is 0 Å². The van der Waals surface area contributed by atoms with Crippen molar-refractivity contribution in [3.8, 4) is 22.4 Å². The minimum atomic E-state index is 0.669. The quantitative estimate of drug-likeness (QED) is 0.602. The van der Waals surface area contributed by atoms with Crippen LogP contribution in [0.3, 0.4) is 0 Å². The third kappa shape index (κ3) is 2.50. The maximum absolute atomic E-state index is 5.85. The molecule has 0 saturated heterocycles. The molecule has 0 aliphatic carbocycles. The highest BCUT2D eigenvalue weighted by Gasteiger charge is 2.13. The van der Waals surface area contributed by atoms with Gasteiger partial charge in [-0.1, -0.05) is 18.2 Å². The van der Waals surface area contributed by atoms with Crippen molar-refractivity contribution in [2.45, 2.75) is 6.42 Å². The number of fused-ring (bicyclic) bond motifs is 2. The minimum Gasteiger partial charge on any atom is -0.387 e. The number of aliphatic imine (C=N–C) groups is 1. The molecular formula is C21H15N5. The van der Waals surface area contributed by atoms with E-state index in [1.54, 1.807) is 18.6 Å².